The van der Waals surface area contributed by atoms with Crippen molar-refractivity contribution in [1.82, 2.24) is 4.90 Å². The predicted octanol–water partition coefficient (Wildman–Crippen LogP) is 1.30. The van der Waals surface area contributed by atoms with Crippen LogP contribution in [0.25, 0.3) is 0 Å². The first-order chi connectivity index (χ1) is 7.53. The lowest BCUT2D eigenvalue weighted by molar-refractivity contribution is -0.142. The molecule has 2 rings (SSSR count). The van der Waals surface area contributed by atoms with Gasteiger partial charge in [-0.25, -0.2) is 0 Å². The van der Waals surface area contributed by atoms with Crippen LogP contribution in [0.2, 0.25) is 0 Å². The minimum absolute atomic E-state index is 0.246. The maximum absolute atomic E-state index is 11.0. The number of hydrogen-bond acceptors (Lipinski definition) is 4. The summed E-state index contributed by atoms with van der Waals surface area (Å²) >= 11 is 1.66. The van der Waals surface area contributed by atoms with Gasteiger partial charge in [-0.05, 0) is 35.7 Å². The van der Waals surface area contributed by atoms with Crippen molar-refractivity contribution in [3.8, 4) is 0 Å². The molecule has 1 aromatic heterocycles. The quantitative estimate of drug-likeness (QED) is 0.835. The van der Waals surface area contributed by atoms with Gasteiger partial charge in [-0.1, -0.05) is 0 Å². The van der Waals surface area contributed by atoms with Gasteiger partial charge in [0, 0.05) is 19.1 Å². The number of aliphatic carboxylic acids is 1. The third-order valence-electron chi connectivity index (χ3n) is 3.33. The average Bonchev–Trinajstić information content (AvgIpc) is 2.85. The van der Waals surface area contributed by atoms with E-state index in [0.29, 0.717) is 13.0 Å². The highest BCUT2D eigenvalue weighted by Crippen LogP contribution is 2.29. The van der Waals surface area contributed by atoms with E-state index in [1.165, 1.54) is 5.56 Å². The highest BCUT2D eigenvalue weighted by atomic mass is 32.1. The molecule has 1 aliphatic heterocycles. The summed E-state index contributed by atoms with van der Waals surface area (Å²) in [6, 6.07) is 2.32. The Hall–Kier alpha value is -0.910. The van der Waals surface area contributed by atoms with Crippen LogP contribution in [0.4, 0.5) is 0 Å². The second-order valence-electron chi connectivity index (χ2n) is 4.41. The number of likely N-dealkylation sites (tertiary alicyclic amines) is 1. The molecule has 4 nitrogen and oxygen atoms in total. The van der Waals surface area contributed by atoms with Gasteiger partial charge in [-0.15, -0.1) is 0 Å². The van der Waals surface area contributed by atoms with Gasteiger partial charge in [0.15, 0.2) is 0 Å². The zero-order valence-electron chi connectivity index (χ0n) is 9.22. The molecule has 2 atom stereocenters. The molecule has 0 aliphatic carbocycles. The average molecular weight is 240 g/mol. The van der Waals surface area contributed by atoms with Crippen molar-refractivity contribution in [2.45, 2.75) is 24.9 Å². The normalized spacial score (nSPS) is 28.1. The minimum Gasteiger partial charge on any atom is -0.480 e. The Morgan fingerprint density at radius 3 is 3.00 bits per heavy atom. The highest BCUT2D eigenvalue weighted by Gasteiger charge is 2.42. The van der Waals surface area contributed by atoms with E-state index >= 15 is 0 Å². The molecule has 2 unspecified atom stereocenters. The standard InChI is InChI=1S/C11H16N2O2S/c1-8(9-2-5-16-6-9)13-4-3-11(12,7-13)10(14)15/h2,5-6,8H,3-4,7,12H2,1H3,(H,14,15). The van der Waals surface area contributed by atoms with E-state index < -0.39 is 11.5 Å². The van der Waals surface area contributed by atoms with Crippen LogP contribution < -0.4 is 5.73 Å². The van der Waals surface area contributed by atoms with Crippen LogP contribution in [0.5, 0.6) is 0 Å². The number of nitrogens with zero attached hydrogens (tertiary/aromatic N) is 1. The summed E-state index contributed by atoms with van der Waals surface area (Å²) in [5, 5.41) is 13.2. The Kier molecular flexibility index (Phi) is 3.01. The molecule has 0 amide bonds. The Balaban J connectivity index is 2.07. The van der Waals surface area contributed by atoms with E-state index in [0.717, 1.165) is 6.54 Å². The molecule has 2 heterocycles. The first kappa shape index (κ1) is 11.6. The summed E-state index contributed by atoms with van der Waals surface area (Å²) in [5.74, 6) is -0.896. The molecule has 1 fully saturated rings. The minimum atomic E-state index is -1.07. The summed E-state index contributed by atoms with van der Waals surface area (Å²) in [6.07, 6.45) is 0.525. The molecule has 0 radical (unpaired) electrons. The first-order valence-electron chi connectivity index (χ1n) is 5.31. The molecule has 1 saturated heterocycles. The topological polar surface area (TPSA) is 66.6 Å². The Morgan fingerprint density at radius 1 is 1.75 bits per heavy atom. The van der Waals surface area contributed by atoms with Crippen LogP contribution in [0.3, 0.4) is 0 Å². The lowest BCUT2D eigenvalue weighted by Crippen LogP contribution is -2.50. The molecular formula is C11H16N2O2S. The number of carboxylic acids is 1. The van der Waals surface area contributed by atoms with Crippen molar-refractivity contribution in [3.05, 3.63) is 22.4 Å². The third-order valence-corrected chi connectivity index (χ3v) is 4.03. The van der Waals surface area contributed by atoms with Gasteiger partial charge < -0.3 is 10.8 Å². The van der Waals surface area contributed by atoms with Gasteiger partial charge in [-0.2, -0.15) is 11.3 Å². The van der Waals surface area contributed by atoms with Crippen molar-refractivity contribution in [1.29, 1.82) is 0 Å². The predicted molar refractivity (Wildman–Crippen MR) is 63.5 cm³/mol. The number of carbonyl (C=O) groups is 1. The maximum atomic E-state index is 11.0. The monoisotopic (exact) mass is 240 g/mol. The Bertz CT molecular complexity index is 379. The van der Waals surface area contributed by atoms with Crippen LogP contribution >= 0.6 is 11.3 Å². The van der Waals surface area contributed by atoms with Gasteiger partial charge in [0.2, 0.25) is 0 Å². The van der Waals surface area contributed by atoms with Crippen molar-refractivity contribution in [2.75, 3.05) is 13.1 Å². The van der Waals surface area contributed by atoms with Crippen LogP contribution in [0, 0.1) is 0 Å². The molecule has 88 valence electrons. The molecule has 0 saturated carbocycles. The van der Waals surface area contributed by atoms with Crippen molar-refractivity contribution < 1.29 is 9.90 Å². The molecule has 3 N–H and O–H groups in total. The summed E-state index contributed by atoms with van der Waals surface area (Å²) in [7, 11) is 0. The number of carboxylic acid groups (broad SMARTS) is 1. The second kappa shape index (κ2) is 4.16. The molecule has 0 bridgehead atoms. The van der Waals surface area contributed by atoms with Crippen molar-refractivity contribution >= 4 is 17.3 Å². The van der Waals surface area contributed by atoms with Gasteiger partial charge >= 0.3 is 5.97 Å². The van der Waals surface area contributed by atoms with E-state index in [1.807, 2.05) is 5.38 Å². The summed E-state index contributed by atoms with van der Waals surface area (Å²) in [4.78, 5) is 13.2. The smallest absolute Gasteiger partial charge is 0.325 e. The van der Waals surface area contributed by atoms with Crippen LogP contribution in [0.1, 0.15) is 24.9 Å². The van der Waals surface area contributed by atoms with Crippen LogP contribution in [-0.2, 0) is 4.79 Å². The molecule has 0 spiro atoms. The van der Waals surface area contributed by atoms with Gasteiger partial charge in [0.05, 0.1) is 0 Å². The van der Waals surface area contributed by atoms with Gasteiger partial charge in [-0.3, -0.25) is 9.69 Å². The second-order valence-corrected chi connectivity index (χ2v) is 5.19. The molecule has 0 aromatic carbocycles. The van der Waals surface area contributed by atoms with E-state index in [4.69, 9.17) is 10.8 Å². The zero-order valence-corrected chi connectivity index (χ0v) is 10.0. The van der Waals surface area contributed by atoms with E-state index in [1.54, 1.807) is 11.3 Å². The van der Waals surface area contributed by atoms with E-state index in [9.17, 15) is 4.79 Å². The molecular weight excluding hydrogens is 224 g/mol. The lowest BCUT2D eigenvalue weighted by Gasteiger charge is -2.25. The zero-order chi connectivity index (χ0) is 11.8. The summed E-state index contributed by atoms with van der Waals surface area (Å²) in [6.45, 7) is 3.27. The van der Waals surface area contributed by atoms with E-state index in [2.05, 4.69) is 23.3 Å². The SMILES string of the molecule is CC(c1ccsc1)N1CCC(N)(C(=O)O)C1. The van der Waals surface area contributed by atoms with Gasteiger partial charge in [0.1, 0.15) is 5.54 Å². The first-order valence-corrected chi connectivity index (χ1v) is 6.26. The number of rotatable bonds is 3. The summed E-state index contributed by atoms with van der Waals surface area (Å²) in [5.41, 5.74) is 6.02. The van der Waals surface area contributed by atoms with Gasteiger partial charge in [0.25, 0.3) is 0 Å². The maximum Gasteiger partial charge on any atom is 0.325 e. The fraction of sp³-hybridized carbons (Fsp3) is 0.545. The number of hydrogen-bond donors (Lipinski definition) is 2. The molecule has 1 aliphatic rings. The largest absolute Gasteiger partial charge is 0.480 e. The third kappa shape index (κ3) is 1.98. The van der Waals surface area contributed by atoms with Crippen LogP contribution in [-0.4, -0.2) is 34.6 Å². The molecule has 1 aromatic rings. The summed E-state index contributed by atoms with van der Waals surface area (Å²) < 4.78 is 0. The number of nitrogens with two attached hydrogens (primary N) is 1. The fourth-order valence-electron chi connectivity index (χ4n) is 2.09. The Labute approximate surface area is 98.7 Å². The van der Waals surface area contributed by atoms with Crippen LogP contribution in [0.15, 0.2) is 16.8 Å². The molecule has 16 heavy (non-hydrogen) atoms. The lowest BCUT2D eigenvalue weighted by atomic mass is 10.0. The molecule has 5 heteroatoms. The van der Waals surface area contributed by atoms with Crippen molar-refractivity contribution in [3.63, 3.8) is 0 Å². The fourth-order valence-corrected chi connectivity index (χ4v) is 2.84. The van der Waals surface area contributed by atoms with E-state index in [-0.39, 0.29) is 6.04 Å². The Morgan fingerprint density at radius 2 is 2.50 bits per heavy atom. The van der Waals surface area contributed by atoms with Crippen molar-refractivity contribution in [2.24, 2.45) is 5.73 Å². The highest BCUT2D eigenvalue weighted by molar-refractivity contribution is 7.07. The number of thiophene rings is 1.